The highest BCUT2D eigenvalue weighted by Gasteiger charge is 2.32. The summed E-state index contributed by atoms with van der Waals surface area (Å²) in [6, 6.07) is 11.3. The van der Waals surface area contributed by atoms with Crippen molar-refractivity contribution in [2.24, 2.45) is 0 Å². The smallest absolute Gasteiger partial charge is 0.259 e. The van der Waals surface area contributed by atoms with Gasteiger partial charge in [0.1, 0.15) is 17.0 Å². The molecule has 6 nitrogen and oxygen atoms in total. The summed E-state index contributed by atoms with van der Waals surface area (Å²) >= 11 is 0. The van der Waals surface area contributed by atoms with Crippen molar-refractivity contribution in [3.8, 4) is 5.75 Å². The van der Waals surface area contributed by atoms with Gasteiger partial charge in [0.25, 0.3) is 5.91 Å². The molecule has 3 aromatic rings. The number of amides is 1. The Morgan fingerprint density at radius 1 is 1.25 bits per heavy atom. The largest absolute Gasteiger partial charge is 0.494 e. The van der Waals surface area contributed by atoms with E-state index in [4.69, 9.17) is 4.74 Å². The molecule has 1 amide bonds. The molecule has 1 atom stereocenters. The highest BCUT2D eigenvalue weighted by Crippen LogP contribution is 2.33. The molecule has 0 radical (unpaired) electrons. The third kappa shape index (κ3) is 3.26. The molecule has 1 saturated heterocycles. The summed E-state index contributed by atoms with van der Waals surface area (Å²) in [5, 5.41) is 0.438. The maximum absolute atomic E-state index is 13.2. The van der Waals surface area contributed by atoms with Crippen molar-refractivity contribution in [3.05, 3.63) is 69.6 Å². The van der Waals surface area contributed by atoms with Crippen LogP contribution in [0.15, 0.2) is 47.4 Å². The van der Waals surface area contributed by atoms with Gasteiger partial charge in [-0.05, 0) is 56.5 Å². The Bertz CT molecular complexity index is 1070. The van der Waals surface area contributed by atoms with Crippen LogP contribution in [0.2, 0.25) is 0 Å². The molecule has 1 N–H and O–H groups in total. The van der Waals surface area contributed by atoms with Gasteiger partial charge in [-0.1, -0.05) is 12.1 Å². The molecule has 0 bridgehead atoms. The second-order valence-corrected chi connectivity index (χ2v) is 7.04. The number of aromatic nitrogens is 2. The summed E-state index contributed by atoms with van der Waals surface area (Å²) in [5.74, 6) is 0.580. The lowest BCUT2D eigenvalue weighted by Crippen LogP contribution is -2.34. The van der Waals surface area contributed by atoms with Gasteiger partial charge in [0.2, 0.25) is 5.43 Å². The lowest BCUT2D eigenvalue weighted by molar-refractivity contribution is 0.0734. The predicted octanol–water partition coefficient (Wildman–Crippen LogP) is 3.61. The number of carbonyl (C=O) groups excluding carboxylic acids is 1. The van der Waals surface area contributed by atoms with Crippen LogP contribution in [0, 0.1) is 6.92 Å². The van der Waals surface area contributed by atoms with Crippen LogP contribution < -0.4 is 10.2 Å². The molecule has 0 unspecified atom stereocenters. The van der Waals surface area contributed by atoms with E-state index in [2.05, 4.69) is 9.97 Å². The number of benzene rings is 1. The normalized spacial score (nSPS) is 16.5. The molecule has 0 aliphatic carbocycles. The fraction of sp³-hybridized carbons (Fsp3) is 0.318. The zero-order valence-electron chi connectivity index (χ0n) is 16.1. The van der Waals surface area contributed by atoms with Crippen LogP contribution in [0.25, 0.3) is 11.0 Å². The van der Waals surface area contributed by atoms with Crippen LogP contribution in [0.3, 0.4) is 0 Å². The van der Waals surface area contributed by atoms with Gasteiger partial charge in [-0.2, -0.15) is 0 Å². The van der Waals surface area contributed by atoms with Crippen LogP contribution in [0.4, 0.5) is 0 Å². The average Bonchev–Trinajstić information content (AvgIpc) is 3.18. The molecule has 1 aromatic carbocycles. The van der Waals surface area contributed by atoms with Crippen molar-refractivity contribution >= 4 is 16.9 Å². The average molecular weight is 377 g/mol. The van der Waals surface area contributed by atoms with Crippen LogP contribution in [-0.4, -0.2) is 33.9 Å². The summed E-state index contributed by atoms with van der Waals surface area (Å²) in [6.07, 6.45) is 3.29. The maximum atomic E-state index is 13.2. The van der Waals surface area contributed by atoms with Gasteiger partial charge in [-0.3, -0.25) is 9.59 Å². The standard InChI is InChI=1S/C22H23N3O3/c1-3-28-16-9-7-15(8-10-16)19-5-4-12-25(19)22(27)18-13-23-21-17(20(18)26)11-6-14(2)24-21/h6-11,13,19H,3-5,12H2,1-2H3,(H,23,24,26)/t19-/m0/s1. The third-order valence-electron chi connectivity index (χ3n) is 5.20. The quantitative estimate of drug-likeness (QED) is 0.754. The second kappa shape index (κ2) is 7.46. The predicted molar refractivity (Wildman–Crippen MR) is 108 cm³/mol. The molecular weight excluding hydrogens is 354 g/mol. The minimum atomic E-state index is -0.274. The van der Waals surface area contributed by atoms with Gasteiger partial charge in [0.15, 0.2) is 0 Å². The number of nitrogens with one attached hydrogen (secondary N) is 1. The maximum Gasteiger partial charge on any atom is 0.259 e. The summed E-state index contributed by atoms with van der Waals surface area (Å²) in [5.41, 5.74) is 2.27. The number of pyridine rings is 2. The lowest BCUT2D eigenvalue weighted by atomic mass is 10.0. The van der Waals surface area contributed by atoms with Gasteiger partial charge in [-0.15, -0.1) is 0 Å². The molecule has 2 aromatic heterocycles. The molecule has 0 saturated carbocycles. The Kier molecular flexibility index (Phi) is 4.86. The van der Waals surface area contributed by atoms with E-state index < -0.39 is 0 Å². The third-order valence-corrected chi connectivity index (χ3v) is 5.20. The Balaban J connectivity index is 1.65. The number of H-pyrrole nitrogens is 1. The SMILES string of the molecule is CCOc1ccc([C@@H]2CCCN2C(=O)c2c[nH]c3nc(C)ccc3c2=O)cc1. The minimum Gasteiger partial charge on any atom is -0.494 e. The van der Waals surface area contributed by atoms with Crippen LogP contribution in [0.1, 0.15) is 47.4 Å². The van der Waals surface area contributed by atoms with E-state index in [9.17, 15) is 9.59 Å². The molecule has 0 spiro atoms. The van der Waals surface area contributed by atoms with E-state index in [1.54, 1.807) is 17.0 Å². The number of aromatic amines is 1. The van der Waals surface area contributed by atoms with Crippen molar-refractivity contribution in [3.63, 3.8) is 0 Å². The molecule has 4 rings (SSSR count). The number of fused-ring (bicyclic) bond motifs is 1. The van der Waals surface area contributed by atoms with Crippen molar-refractivity contribution in [1.82, 2.24) is 14.9 Å². The van der Waals surface area contributed by atoms with E-state index in [1.165, 1.54) is 6.20 Å². The van der Waals surface area contributed by atoms with E-state index in [1.807, 2.05) is 38.1 Å². The number of carbonyl (C=O) groups is 1. The topological polar surface area (TPSA) is 75.3 Å². The molecule has 1 aliphatic rings. The molecule has 1 fully saturated rings. The molecule has 6 heteroatoms. The number of aryl methyl sites for hydroxylation is 1. The first kappa shape index (κ1) is 18.2. The molecule has 28 heavy (non-hydrogen) atoms. The van der Waals surface area contributed by atoms with Crippen LogP contribution in [-0.2, 0) is 0 Å². The first-order valence-electron chi connectivity index (χ1n) is 9.61. The second-order valence-electron chi connectivity index (χ2n) is 7.04. The zero-order valence-corrected chi connectivity index (χ0v) is 16.1. The Morgan fingerprint density at radius 2 is 2.04 bits per heavy atom. The van der Waals surface area contributed by atoms with Crippen molar-refractivity contribution < 1.29 is 9.53 Å². The lowest BCUT2D eigenvalue weighted by Gasteiger charge is -2.25. The summed E-state index contributed by atoms with van der Waals surface area (Å²) in [6.45, 7) is 5.07. The van der Waals surface area contributed by atoms with Crippen LogP contribution in [0.5, 0.6) is 5.75 Å². The first-order valence-corrected chi connectivity index (χ1v) is 9.61. The van der Waals surface area contributed by atoms with Crippen LogP contribution >= 0.6 is 0 Å². The Hall–Kier alpha value is -3.15. The summed E-state index contributed by atoms with van der Waals surface area (Å²) in [7, 11) is 0. The number of hydrogen-bond acceptors (Lipinski definition) is 4. The number of ether oxygens (including phenoxy) is 1. The van der Waals surface area contributed by atoms with Gasteiger partial charge < -0.3 is 14.6 Å². The van der Waals surface area contributed by atoms with Crippen molar-refractivity contribution in [1.29, 1.82) is 0 Å². The minimum absolute atomic E-state index is 0.0329. The van der Waals surface area contributed by atoms with Gasteiger partial charge >= 0.3 is 0 Å². The van der Waals surface area contributed by atoms with E-state index in [0.29, 0.717) is 24.2 Å². The fourth-order valence-electron chi connectivity index (χ4n) is 3.82. The van der Waals surface area contributed by atoms with Gasteiger partial charge in [-0.25, -0.2) is 4.98 Å². The number of nitrogens with zero attached hydrogens (tertiary/aromatic N) is 2. The number of rotatable bonds is 4. The zero-order chi connectivity index (χ0) is 19.7. The molecule has 3 heterocycles. The molecular formula is C22H23N3O3. The van der Waals surface area contributed by atoms with E-state index in [0.717, 1.165) is 29.8 Å². The molecule has 144 valence electrons. The van der Waals surface area contributed by atoms with E-state index >= 15 is 0 Å². The Morgan fingerprint density at radius 3 is 2.79 bits per heavy atom. The van der Waals surface area contributed by atoms with Crippen molar-refractivity contribution in [2.75, 3.05) is 13.2 Å². The highest BCUT2D eigenvalue weighted by atomic mass is 16.5. The van der Waals surface area contributed by atoms with Gasteiger partial charge in [0.05, 0.1) is 18.0 Å². The van der Waals surface area contributed by atoms with E-state index in [-0.39, 0.29) is 22.9 Å². The number of likely N-dealkylation sites (tertiary alicyclic amines) is 1. The van der Waals surface area contributed by atoms with Gasteiger partial charge in [0, 0.05) is 18.4 Å². The van der Waals surface area contributed by atoms with Crippen molar-refractivity contribution in [2.45, 2.75) is 32.7 Å². The Labute approximate surface area is 163 Å². The molecule has 1 aliphatic heterocycles. The fourth-order valence-corrected chi connectivity index (χ4v) is 3.82. The summed E-state index contributed by atoms with van der Waals surface area (Å²) < 4.78 is 5.50. The highest BCUT2D eigenvalue weighted by molar-refractivity contribution is 5.97. The number of hydrogen-bond donors (Lipinski definition) is 1. The first-order chi connectivity index (χ1) is 13.6. The summed E-state index contributed by atoms with van der Waals surface area (Å²) in [4.78, 5) is 35.2. The monoisotopic (exact) mass is 377 g/mol.